The zero-order valence-electron chi connectivity index (χ0n) is 7.52. The van der Waals surface area contributed by atoms with E-state index in [1.165, 1.54) is 11.1 Å². The molecular weight excluding hydrogens is 136 g/mol. The Bertz CT molecular complexity index is 207. The topological polar surface area (TPSA) is 20.2 Å². The van der Waals surface area contributed by atoms with Crippen molar-refractivity contribution in [3.8, 4) is 0 Å². The van der Waals surface area contributed by atoms with Gasteiger partial charge in [-0.3, -0.25) is 0 Å². The fourth-order valence-corrected chi connectivity index (χ4v) is 1.31. The Hall–Kier alpha value is -0.560. The second-order valence-corrected chi connectivity index (χ2v) is 3.48. The zero-order valence-corrected chi connectivity index (χ0v) is 7.52. The Balaban J connectivity index is 2.78. The molecule has 0 aromatic carbocycles. The van der Waals surface area contributed by atoms with Crippen LogP contribution in [0.1, 0.15) is 33.6 Å². The largest absolute Gasteiger partial charge is 0.388 e. The molecule has 1 rings (SSSR count). The molecule has 0 unspecified atom stereocenters. The van der Waals surface area contributed by atoms with Crippen molar-refractivity contribution < 1.29 is 5.11 Å². The molecule has 0 heterocycles. The van der Waals surface area contributed by atoms with Crippen LogP contribution in [-0.4, -0.2) is 11.2 Å². The molecule has 1 aliphatic carbocycles. The van der Waals surface area contributed by atoms with Gasteiger partial charge in [0.05, 0.1) is 6.10 Å². The SMILES string of the molecule is CC1=CCC(=C(C)C)C[C@@H]1O. The van der Waals surface area contributed by atoms with Gasteiger partial charge in [-0.05, 0) is 39.2 Å². The van der Waals surface area contributed by atoms with Gasteiger partial charge in [0.15, 0.2) is 0 Å². The normalized spacial score (nSPS) is 24.9. The predicted octanol–water partition coefficient (Wildman–Crippen LogP) is 2.42. The first-order valence-electron chi connectivity index (χ1n) is 4.11. The number of aliphatic hydroxyl groups excluding tert-OH is 1. The highest BCUT2D eigenvalue weighted by molar-refractivity contribution is 5.24. The average Bonchev–Trinajstić information content (AvgIpc) is 1.94. The van der Waals surface area contributed by atoms with E-state index in [9.17, 15) is 5.11 Å². The first kappa shape index (κ1) is 8.54. The third-order valence-corrected chi connectivity index (χ3v) is 2.34. The molecule has 0 radical (unpaired) electrons. The minimum Gasteiger partial charge on any atom is -0.388 e. The number of aliphatic hydroxyl groups is 1. The van der Waals surface area contributed by atoms with Gasteiger partial charge >= 0.3 is 0 Å². The fourth-order valence-electron chi connectivity index (χ4n) is 1.31. The van der Waals surface area contributed by atoms with E-state index in [0.29, 0.717) is 0 Å². The summed E-state index contributed by atoms with van der Waals surface area (Å²) >= 11 is 0. The maximum Gasteiger partial charge on any atom is 0.0784 e. The van der Waals surface area contributed by atoms with Crippen LogP contribution < -0.4 is 0 Å². The maximum absolute atomic E-state index is 9.49. The molecule has 0 bridgehead atoms. The van der Waals surface area contributed by atoms with Crippen molar-refractivity contribution in [1.29, 1.82) is 0 Å². The van der Waals surface area contributed by atoms with Crippen molar-refractivity contribution in [2.75, 3.05) is 0 Å². The summed E-state index contributed by atoms with van der Waals surface area (Å²) in [6.45, 7) is 6.21. The van der Waals surface area contributed by atoms with Gasteiger partial charge in [-0.25, -0.2) is 0 Å². The van der Waals surface area contributed by atoms with Gasteiger partial charge < -0.3 is 5.11 Å². The molecule has 62 valence electrons. The van der Waals surface area contributed by atoms with Crippen LogP contribution in [0.15, 0.2) is 22.8 Å². The van der Waals surface area contributed by atoms with Crippen LogP contribution in [-0.2, 0) is 0 Å². The van der Waals surface area contributed by atoms with Crippen molar-refractivity contribution in [3.63, 3.8) is 0 Å². The molecule has 0 amide bonds. The van der Waals surface area contributed by atoms with Gasteiger partial charge in [0.1, 0.15) is 0 Å². The Labute approximate surface area is 68.4 Å². The van der Waals surface area contributed by atoms with E-state index in [4.69, 9.17) is 0 Å². The van der Waals surface area contributed by atoms with E-state index in [1.54, 1.807) is 0 Å². The predicted molar refractivity (Wildman–Crippen MR) is 47.4 cm³/mol. The van der Waals surface area contributed by atoms with Gasteiger partial charge in [0.25, 0.3) is 0 Å². The van der Waals surface area contributed by atoms with E-state index in [1.807, 2.05) is 6.92 Å². The monoisotopic (exact) mass is 152 g/mol. The summed E-state index contributed by atoms with van der Waals surface area (Å²) in [4.78, 5) is 0. The van der Waals surface area contributed by atoms with Crippen LogP contribution in [0.2, 0.25) is 0 Å². The quantitative estimate of drug-likeness (QED) is 0.528. The molecule has 1 heteroatoms. The van der Waals surface area contributed by atoms with Gasteiger partial charge in [-0.1, -0.05) is 17.2 Å². The van der Waals surface area contributed by atoms with Gasteiger partial charge in [-0.15, -0.1) is 0 Å². The Morgan fingerprint density at radius 3 is 2.64 bits per heavy atom. The van der Waals surface area contributed by atoms with Gasteiger partial charge in [-0.2, -0.15) is 0 Å². The van der Waals surface area contributed by atoms with Gasteiger partial charge in [0, 0.05) is 0 Å². The summed E-state index contributed by atoms with van der Waals surface area (Å²) in [6.07, 6.45) is 3.76. The van der Waals surface area contributed by atoms with Crippen molar-refractivity contribution in [2.45, 2.75) is 39.7 Å². The molecule has 0 aromatic rings. The molecular formula is C10H16O. The number of hydrogen-bond donors (Lipinski definition) is 1. The highest BCUT2D eigenvalue weighted by atomic mass is 16.3. The highest BCUT2D eigenvalue weighted by Gasteiger charge is 2.14. The number of rotatable bonds is 0. The summed E-state index contributed by atoms with van der Waals surface area (Å²) in [5, 5.41) is 9.49. The number of allylic oxidation sites excluding steroid dienone is 2. The van der Waals surface area contributed by atoms with Crippen LogP contribution in [0.25, 0.3) is 0 Å². The van der Waals surface area contributed by atoms with Crippen LogP contribution in [0.5, 0.6) is 0 Å². The maximum atomic E-state index is 9.49. The summed E-state index contributed by atoms with van der Waals surface area (Å²) in [5.74, 6) is 0. The smallest absolute Gasteiger partial charge is 0.0784 e. The Morgan fingerprint density at radius 2 is 2.18 bits per heavy atom. The molecule has 0 saturated carbocycles. The summed E-state index contributed by atoms with van der Waals surface area (Å²) < 4.78 is 0. The fraction of sp³-hybridized carbons (Fsp3) is 0.600. The number of hydrogen-bond acceptors (Lipinski definition) is 1. The average molecular weight is 152 g/mol. The second kappa shape index (κ2) is 3.22. The Kier molecular flexibility index (Phi) is 2.50. The third kappa shape index (κ3) is 1.93. The highest BCUT2D eigenvalue weighted by Crippen LogP contribution is 2.25. The van der Waals surface area contributed by atoms with E-state index in [0.717, 1.165) is 18.4 Å². The molecule has 1 aliphatic rings. The van der Waals surface area contributed by atoms with Crippen molar-refractivity contribution >= 4 is 0 Å². The lowest BCUT2D eigenvalue weighted by atomic mass is 9.91. The molecule has 0 aromatic heterocycles. The molecule has 0 fully saturated rings. The summed E-state index contributed by atoms with van der Waals surface area (Å²) in [7, 11) is 0. The molecule has 0 spiro atoms. The lowest BCUT2D eigenvalue weighted by molar-refractivity contribution is 0.206. The van der Waals surface area contributed by atoms with E-state index >= 15 is 0 Å². The van der Waals surface area contributed by atoms with Crippen LogP contribution in [0.4, 0.5) is 0 Å². The second-order valence-electron chi connectivity index (χ2n) is 3.48. The zero-order chi connectivity index (χ0) is 8.43. The van der Waals surface area contributed by atoms with E-state index in [2.05, 4.69) is 19.9 Å². The van der Waals surface area contributed by atoms with Crippen molar-refractivity contribution in [1.82, 2.24) is 0 Å². The molecule has 0 saturated heterocycles. The minimum atomic E-state index is -0.228. The molecule has 1 N–H and O–H groups in total. The first-order valence-corrected chi connectivity index (χ1v) is 4.11. The van der Waals surface area contributed by atoms with Gasteiger partial charge in [0.2, 0.25) is 0 Å². The molecule has 1 nitrogen and oxygen atoms in total. The van der Waals surface area contributed by atoms with E-state index in [-0.39, 0.29) is 6.10 Å². The van der Waals surface area contributed by atoms with Crippen LogP contribution >= 0.6 is 0 Å². The molecule has 0 aliphatic heterocycles. The standard InChI is InChI=1S/C10H16O/c1-7(2)9-5-4-8(3)10(11)6-9/h4,10-11H,5-6H2,1-3H3/t10-/m0/s1. The lowest BCUT2D eigenvalue weighted by Gasteiger charge is -2.20. The summed E-state index contributed by atoms with van der Waals surface area (Å²) in [5.41, 5.74) is 3.87. The van der Waals surface area contributed by atoms with E-state index < -0.39 is 0 Å². The molecule has 1 atom stereocenters. The molecule has 11 heavy (non-hydrogen) atoms. The first-order chi connectivity index (χ1) is 5.11. The minimum absolute atomic E-state index is 0.228. The van der Waals surface area contributed by atoms with Crippen LogP contribution in [0.3, 0.4) is 0 Å². The Morgan fingerprint density at radius 1 is 1.55 bits per heavy atom. The van der Waals surface area contributed by atoms with Crippen molar-refractivity contribution in [2.24, 2.45) is 0 Å². The lowest BCUT2D eigenvalue weighted by Crippen LogP contribution is -2.13. The summed E-state index contributed by atoms with van der Waals surface area (Å²) in [6, 6.07) is 0. The third-order valence-electron chi connectivity index (χ3n) is 2.34. The van der Waals surface area contributed by atoms with Crippen LogP contribution in [0, 0.1) is 0 Å². The van der Waals surface area contributed by atoms with Crippen molar-refractivity contribution in [3.05, 3.63) is 22.8 Å².